The fraction of sp³-hybridized carbons (Fsp3) is 0.273. The number of hydrogen-bond donors (Lipinski definition) is 0. The Morgan fingerprint density at radius 3 is 2.60 bits per heavy atom. The van der Waals surface area contributed by atoms with Crippen LogP contribution in [0.25, 0.3) is 0 Å². The van der Waals surface area contributed by atoms with Crippen LogP contribution in [0.5, 0.6) is 0 Å². The fourth-order valence-electron chi connectivity index (χ4n) is 1.60. The molecule has 1 atom stereocenters. The highest BCUT2D eigenvalue weighted by Gasteiger charge is 2.18. The van der Waals surface area contributed by atoms with E-state index in [1.807, 2.05) is 18.2 Å². The molecule has 3 nitrogen and oxygen atoms in total. The third-order valence-corrected chi connectivity index (χ3v) is 2.65. The molecular weight excluding hydrogens is 256 g/mol. The SMILES string of the molecule is CCC(c1ccccc1)c1nc(Br)no1. The Labute approximate surface area is 96.6 Å². The van der Waals surface area contributed by atoms with Crippen molar-refractivity contribution in [2.24, 2.45) is 0 Å². The Morgan fingerprint density at radius 1 is 1.33 bits per heavy atom. The van der Waals surface area contributed by atoms with E-state index in [0.29, 0.717) is 10.6 Å². The summed E-state index contributed by atoms with van der Waals surface area (Å²) in [5.41, 5.74) is 1.20. The van der Waals surface area contributed by atoms with Gasteiger partial charge in [0.25, 0.3) is 0 Å². The first kappa shape index (κ1) is 10.4. The van der Waals surface area contributed by atoms with E-state index in [2.05, 4.69) is 45.1 Å². The molecule has 0 saturated heterocycles. The molecule has 0 amide bonds. The van der Waals surface area contributed by atoms with Crippen LogP contribution in [0.15, 0.2) is 39.6 Å². The highest BCUT2D eigenvalue weighted by molar-refractivity contribution is 9.10. The lowest BCUT2D eigenvalue weighted by Gasteiger charge is -2.09. The zero-order valence-electron chi connectivity index (χ0n) is 8.35. The van der Waals surface area contributed by atoms with Gasteiger partial charge in [-0.25, -0.2) is 0 Å². The van der Waals surface area contributed by atoms with Gasteiger partial charge in [-0.3, -0.25) is 0 Å². The van der Waals surface area contributed by atoms with Crippen LogP contribution in [-0.2, 0) is 0 Å². The zero-order valence-corrected chi connectivity index (χ0v) is 9.94. The summed E-state index contributed by atoms with van der Waals surface area (Å²) in [6, 6.07) is 10.2. The molecule has 0 aliphatic rings. The molecule has 4 heteroatoms. The third-order valence-electron chi connectivity index (χ3n) is 2.33. The molecule has 0 bridgehead atoms. The van der Waals surface area contributed by atoms with E-state index < -0.39 is 0 Å². The quantitative estimate of drug-likeness (QED) is 0.855. The van der Waals surface area contributed by atoms with Crippen molar-refractivity contribution in [1.29, 1.82) is 0 Å². The van der Waals surface area contributed by atoms with Gasteiger partial charge >= 0.3 is 0 Å². The summed E-state index contributed by atoms with van der Waals surface area (Å²) in [5, 5.41) is 3.74. The molecule has 1 aromatic carbocycles. The second kappa shape index (κ2) is 4.57. The van der Waals surface area contributed by atoms with E-state index in [9.17, 15) is 0 Å². The van der Waals surface area contributed by atoms with Gasteiger partial charge in [-0.05, 0) is 33.1 Å². The van der Waals surface area contributed by atoms with Crippen molar-refractivity contribution in [3.05, 3.63) is 46.5 Å². The minimum absolute atomic E-state index is 0.185. The average molecular weight is 267 g/mol. The van der Waals surface area contributed by atoms with E-state index in [1.165, 1.54) is 5.56 Å². The first-order valence-corrected chi connectivity index (χ1v) is 5.64. The van der Waals surface area contributed by atoms with Crippen LogP contribution >= 0.6 is 15.9 Å². The molecule has 0 aliphatic carbocycles. The van der Waals surface area contributed by atoms with Crippen molar-refractivity contribution in [2.75, 3.05) is 0 Å². The predicted molar refractivity (Wildman–Crippen MR) is 60.6 cm³/mol. The Hall–Kier alpha value is -1.16. The number of nitrogens with zero attached hydrogens (tertiary/aromatic N) is 2. The van der Waals surface area contributed by atoms with E-state index in [-0.39, 0.29) is 5.92 Å². The molecule has 2 aromatic rings. The van der Waals surface area contributed by atoms with Crippen molar-refractivity contribution in [2.45, 2.75) is 19.3 Å². The molecule has 0 fully saturated rings. The van der Waals surface area contributed by atoms with Crippen molar-refractivity contribution < 1.29 is 4.52 Å². The number of hydrogen-bond acceptors (Lipinski definition) is 3. The Morgan fingerprint density at radius 2 is 2.07 bits per heavy atom. The van der Waals surface area contributed by atoms with E-state index in [1.54, 1.807) is 0 Å². The van der Waals surface area contributed by atoms with Crippen LogP contribution in [0.4, 0.5) is 0 Å². The molecule has 15 heavy (non-hydrogen) atoms. The van der Waals surface area contributed by atoms with Crippen molar-refractivity contribution in [3.63, 3.8) is 0 Å². The third kappa shape index (κ3) is 2.26. The second-order valence-electron chi connectivity index (χ2n) is 3.27. The van der Waals surface area contributed by atoms with Gasteiger partial charge in [0.2, 0.25) is 10.6 Å². The summed E-state index contributed by atoms with van der Waals surface area (Å²) in [6.45, 7) is 2.11. The maximum Gasteiger partial charge on any atom is 0.238 e. The first-order chi connectivity index (χ1) is 7.31. The molecule has 0 N–H and O–H groups in total. The van der Waals surface area contributed by atoms with Crippen LogP contribution in [0.3, 0.4) is 0 Å². The summed E-state index contributed by atoms with van der Waals surface area (Å²) >= 11 is 3.19. The fourth-order valence-corrected chi connectivity index (χ4v) is 1.84. The smallest absolute Gasteiger partial charge is 0.238 e. The first-order valence-electron chi connectivity index (χ1n) is 4.85. The summed E-state index contributed by atoms with van der Waals surface area (Å²) in [6.07, 6.45) is 0.943. The molecule has 78 valence electrons. The van der Waals surface area contributed by atoms with Crippen molar-refractivity contribution >= 4 is 15.9 Å². The molecular formula is C11H11BrN2O. The van der Waals surface area contributed by atoms with Crippen LogP contribution in [0.1, 0.15) is 30.7 Å². The normalized spacial score (nSPS) is 12.7. The standard InChI is InChI=1S/C11H11BrN2O/c1-2-9(8-6-4-3-5-7-8)10-13-11(12)14-15-10/h3-7,9H,2H2,1H3. The largest absolute Gasteiger partial charge is 0.338 e. The highest BCUT2D eigenvalue weighted by Crippen LogP contribution is 2.26. The van der Waals surface area contributed by atoms with Gasteiger partial charge in [0, 0.05) is 0 Å². The van der Waals surface area contributed by atoms with Crippen LogP contribution in [0.2, 0.25) is 0 Å². The summed E-state index contributed by atoms with van der Waals surface area (Å²) in [5.74, 6) is 0.848. The summed E-state index contributed by atoms with van der Waals surface area (Å²) in [4.78, 5) is 4.20. The highest BCUT2D eigenvalue weighted by atomic mass is 79.9. The molecule has 1 heterocycles. The molecule has 0 spiro atoms. The van der Waals surface area contributed by atoms with Gasteiger partial charge < -0.3 is 4.52 Å². The van der Waals surface area contributed by atoms with E-state index in [0.717, 1.165) is 6.42 Å². The maximum atomic E-state index is 5.16. The van der Waals surface area contributed by atoms with Crippen LogP contribution in [-0.4, -0.2) is 10.1 Å². The maximum absolute atomic E-state index is 5.16. The van der Waals surface area contributed by atoms with Gasteiger partial charge in [-0.15, -0.1) is 0 Å². The predicted octanol–water partition coefficient (Wildman–Crippen LogP) is 3.37. The molecule has 1 aromatic heterocycles. The molecule has 1 unspecified atom stereocenters. The lowest BCUT2D eigenvalue weighted by molar-refractivity contribution is 0.360. The van der Waals surface area contributed by atoms with Crippen molar-refractivity contribution in [1.82, 2.24) is 10.1 Å². The average Bonchev–Trinajstić information content (AvgIpc) is 2.68. The monoisotopic (exact) mass is 266 g/mol. The minimum Gasteiger partial charge on any atom is -0.338 e. The zero-order chi connectivity index (χ0) is 10.7. The topological polar surface area (TPSA) is 38.9 Å². The number of benzene rings is 1. The van der Waals surface area contributed by atoms with Gasteiger partial charge in [0.1, 0.15) is 0 Å². The van der Waals surface area contributed by atoms with Gasteiger partial charge in [0.15, 0.2) is 0 Å². The molecule has 2 rings (SSSR count). The lowest BCUT2D eigenvalue weighted by Crippen LogP contribution is -1.99. The molecule has 0 radical (unpaired) electrons. The number of aromatic nitrogens is 2. The van der Waals surface area contributed by atoms with Crippen molar-refractivity contribution in [3.8, 4) is 0 Å². The van der Waals surface area contributed by atoms with Crippen LogP contribution in [0, 0.1) is 0 Å². The second-order valence-corrected chi connectivity index (χ2v) is 3.98. The molecule has 0 saturated carbocycles. The number of halogens is 1. The van der Waals surface area contributed by atoms with Gasteiger partial charge in [-0.2, -0.15) is 4.98 Å². The lowest BCUT2D eigenvalue weighted by atomic mass is 9.97. The van der Waals surface area contributed by atoms with Gasteiger partial charge in [-0.1, -0.05) is 37.3 Å². The minimum atomic E-state index is 0.185. The Balaban J connectivity index is 2.33. The molecule has 0 aliphatic heterocycles. The Bertz CT molecular complexity index is 427. The van der Waals surface area contributed by atoms with Crippen LogP contribution < -0.4 is 0 Å². The van der Waals surface area contributed by atoms with E-state index >= 15 is 0 Å². The summed E-state index contributed by atoms with van der Waals surface area (Å²) < 4.78 is 5.67. The summed E-state index contributed by atoms with van der Waals surface area (Å²) in [7, 11) is 0. The number of rotatable bonds is 3. The Kier molecular flexibility index (Phi) is 3.16. The van der Waals surface area contributed by atoms with E-state index in [4.69, 9.17) is 4.52 Å². The van der Waals surface area contributed by atoms with Gasteiger partial charge in [0.05, 0.1) is 5.92 Å².